The van der Waals surface area contributed by atoms with Crippen molar-refractivity contribution in [3.63, 3.8) is 0 Å². The number of carbonyl (C=O) groups is 1. The molecule has 2 heterocycles. The Bertz CT molecular complexity index is 2090. The van der Waals surface area contributed by atoms with E-state index in [9.17, 15) is 14.4 Å². The van der Waals surface area contributed by atoms with E-state index in [4.69, 9.17) is 32.7 Å². The van der Waals surface area contributed by atoms with Crippen LogP contribution < -0.4 is 20.6 Å². The second kappa shape index (κ2) is 12.6. The monoisotopic (exact) mass is 654 g/mol. The Morgan fingerprint density at radius 3 is 1.76 bits per heavy atom. The number of hydrogen-bond acceptors (Lipinski definition) is 5. The van der Waals surface area contributed by atoms with Gasteiger partial charge in [-0.05, 0) is 74.0 Å². The third kappa shape index (κ3) is 5.66. The van der Waals surface area contributed by atoms with Crippen molar-refractivity contribution in [3.8, 4) is 22.9 Å². The molecule has 4 aromatic carbocycles. The van der Waals surface area contributed by atoms with Crippen molar-refractivity contribution in [3.05, 3.63) is 161 Å². The van der Waals surface area contributed by atoms with Crippen molar-refractivity contribution >= 4 is 29.2 Å². The van der Waals surface area contributed by atoms with Gasteiger partial charge in [-0.25, -0.2) is 14.2 Å². The number of methoxy groups -OCH3 is 1. The van der Waals surface area contributed by atoms with Gasteiger partial charge in [-0.2, -0.15) is 0 Å². The number of aromatic nitrogens is 4. The predicted octanol–water partition coefficient (Wildman–Crippen LogP) is 6.98. The molecule has 0 atom stereocenters. The summed E-state index contributed by atoms with van der Waals surface area (Å²) < 4.78 is 14.2. The molecule has 0 radical (unpaired) electrons. The normalized spacial score (nSPS) is 11.2. The molecular formula is C35H28Cl2N4O5. The number of halogens is 2. The number of aryl methyl sites for hydroxylation is 2. The molecule has 9 nitrogen and oxygen atoms in total. The minimum absolute atomic E-state index is 0.126. The van der Waals surface area contributed by atoms with E-state index in [0.29, 0.717) is 44.5 Å². The molecule has 0 saturated carbocycles. The van der Waals surface area contributed by atoms with Gasteiger partial charge in [-0.15, -0.1) is 0 Å². The van der Waals surface area contributed by atoms with Crippen molar-refractivity contribution in [1.82, 2.24) is 19.6 Å². The van der Waals surface area contributed by atoms with Crippen LogP contribution in [-0.4, -0.2) is 32.6 Å². The molecule has 0 aliphatic carbocycles. The van der Waals surface area contributed by atoms with E-state index in [1.54, 1.807) is 32.0 Å². The van der Waals surface area contributed by atoms with Gasteiger partial charge < -0.3 is 9.47 Å². The van der Waals surface area contributed by atoms with Gasteiger partial charge in [0, 0.05) is 22.3 Å². The van der Waals surface area contributed by atoms with Crippen molar-refractivity contribution in [1.29, 1.82) is 0 Å². The van der Waals surface area contributed by atoms with Crippen molar-refractivity contribution in [2.45, 2.75) is 19.8 Å². The first-order chi connectivity index (χ1) is 22.2. The number of H-pyrrole nitrogens is 2. The summed E-state index contributed by atoms with van der Waals surface area (Å²) in [6.45, 7) is 3.59. The van der Waals surface area contributed by atoms with Gasteiger partial charge in [-0.3, -0.25) is 19.8 Å². The highest BCUT2D eigenvalue weighted by atomic mass is 35.5. The summed E-state index contributed by atoms with van der Waals surface area (Å²) in [5.41, 5.74) is 3.28. The predicted molar refractivity (Wildman–Crippen MR) is 178 cm³/mol. The summed E-state index contributed by atoms with van der Waals surface area (Å²) >= 11 is 12.2. The highest BCUT2D eigenvalue weighted by Gasteiger charge is 2.32. The first kappa shape index (κ1) is 30.8. The van der Waals surface area contributed by atoms with Gasteiger partial charge in [0.15, 0.2) is 11.5 Å². The zero-order chi connectivity index (χ0) is 32.5. The van der Waals surface area contributed by atoms with Crippen molar-refractivity contribution in [2.75, 3.05) is 7.11 Å². The van der Waals surface area contributed by atoms with Gasteiger partial charge in [-0.1, -0.05) is 65.7 Å². The van der Waals surface area contributed by atoms with Gasteiger partial charge in [0.05, 0.1) is 40.2 Å². The molecule has 0 unspecified atom stereocenters. The molecule has 6 rings (SSSR count). The number of para-hydroxylation sites is 2. The molecule has 2 N–H and O–H groups in total. The number of rotatable bonds is 8. The molecule has 46 heavy (non-hydrogen) atoms. The van der Waals surface area contributed by atoms with Gasteiger partial charge in [0.2, 0.25) is 0 Å². The van der Waals surface area contributed by atoms with E-state index in [1.807, 2.05) is 60.7 Å². The van der Waals surface area contributed by atoms with Crippen LogP contribution >= 0.6 is 23.2 Å². The minimum atomic E-state index is -0.827. The molecule has 0 saturated heterocycles. The molecule has 0 aliphatic rings. The van der Waals surface area contributed by atoms with E-state index < -0.39 is 11.9 Å². The lowest BCUT2D eigenvalue weighted by atomic mass is 9.85. The molecule has 0 bridgehead atoms. The molecule has 6 aromatic rings. The van der Waals surface area contributed by atoms with Crippen LogP contribution in [0.5, 0.6) is 11.5 Å². The summed E-state index contributed by atoms with van der Waals surface area (Å²) in [4.78, 5) is 41.3. The summed E-state index contributed by atoms with van der Waals surface area (Å²) in [7, 11) is 1.44. The number of nitrogens with zero attached hydrogens (tertiary/aromatic N) is 2. The smallest absolute Gasteiger partial charge is 0.345 e. The maximum atomic E-state index is 14.1. The number of aromatic amines is 2. The van der Waals surface area contributed by atoms with Crippen LogP contribution in [0.25, 0.3) is 11.4 Å². The topological polar surface area (TPSA) is 111 Å². The third-order valence-electron chi connectivity index (χ3n) is 7.71. The second-order valence-electron chi connectivity index (χ2n) is 10.6. The largest absolute Gasteiger partial charge is 0.493 e. The average Bonchev–Trinajstić information content (AvgIpc) is 3.52. The molecule has 11 heteroatoms. The van der Waals surface area contributed by atoms with Crippen LogP contribution in [0.4, 0.5) is 0 Å². The van der Waals surface area contributed by atoms with Crippen LogP contribution in [0.3, 0.4) is 0 Å². The number of hydrogen-bond donors (Lipinski definition) is 2. The lowest BCUT2D eigenvalue weighted by Crippen LogP contribution is -2.25. The molecule has 0 spiro atoms. The average molecular weight is 656 g/mol. The molecule has 0 amide bonds. The van der Waals surface area contributed by atoms with Gasteiger partial charge >= 0.3 is 5.97 Å². The fourth-order valence-corrected chi connectivity index (χ4v) is 6.04. The van der Waals surface area contributed by atoms with E-state index in [2.05, 4.69) is 10.2 Å². The lowest BCUT2D eigenvalue weighted by molar-refractivity contribution is 0.0730. The third-order valence-corrected chi connectivity index (χ3v) is 8.26. The van der Waals surface area contributed by atoms with Crippen LogP contribution in [0.1, 0.15) is 44.4 Å². The zero-order valence-electron chi connectivity index (χ0n) is 25.0. The Morgan fingerprint density at radius 1 is 0.717 bits per heavy atom. The minimum Gasteiger partial charge on any atom is -0.493 e. The molecule has 232 valence electrons. The quantitative estimate of drug-likeness (QED) is 0.136. The Balaban J connectivity index is 1.51. The van der Waals surface area contributed by atoms with Crippen LogP contribution in [0, 0.1) is 13.8 Å². The first-order valence-corrected chi connectivity index (χ1v) is 15.0. The highest BCUT2D eigenvalue weighted by Crippen LogP contribution is 2.38. The summed E-state index contributed by atoms with van der Waals surface area (Å²) in [5.74, 6) is -1.19. The lowest BCUT2D eigenvalue weighted by Gasteiger charge is -2.18. The van der Waals surface area contributed by atoms with E-state index in [0.717, 1.165) is 0 Å². The van der Waals surface area contributed by atoms with Crippen molar-refractivity contribution in [2.24, 2.45) is 0 Å². The summed E-state index contributed by atoms with van der Waals surface area (Å²) in [6, 6.07) is 27.8. The van der Waals surface area contributed by atoms with Gasteiger partial charge in [0.25, 0.3) is 11.1 Å². The molecule has 0 aliphatic heterocycles. The fraction of sp³-hybridized carbons (Fsp3) is 0.114. The Labute approximate surface area is 273 Å². The molecular weight excluding hydrogens is 627 g/mol. The highest BCUT2D eigenvalue weighted by molar-refractivity contribution is 6.36. The number of nitrogens with one attached hydrogen (secondary N) is 2. The van der Waals surface area contributed by atoms with Gasteiger partial charge in [0.1, 0.15) is 0 Å². The number of carbonyl (C=O) groups excluding carboxylic acids is 1. The van der Waals surface area contributed by atoms with E-state index >= 15 is 0 Å². The number of benzene rings is 4. The zero-order valence-corrected chi connectivity index (χ0v) is 26.5. The number of esters is 1. The molecule has 2 aromatic heterocycles. The van der Waals surface area contributed by atoms with E-state index in [1.165, 1.54) is 34.7 Å². The van der Waals surface area contributed by atoms with E-state index in [-0.39, 0.29) is 33.2 Å². The standard InChI is InChI=1S/C35H28Cl2N4O5/c1-20-30(33(42)40(38-20)24-10-6-4-7-11-24)32(31-21(2)39-41(34(31)43)25-12-8-5-9-13-25)22-14-17-28(29(18-22)45-3)46-35(44)26-16-15-23(36)19-27(26)37/h4-19,32,38-39H,1-3H3. The number of ether oxygens (including phenoxy) is 2. The second-order valence-corrected chi connectivity index (χ2v) is 11.5. The molecule has 0 fully saturated rings. The maximum absolute atomic E-state index is 14.1. The fourth-order valence-electron chi connectivity index (χ4n) is 5.55. The first-order valence-electron chi connectivity index (χ1n) is 14.3. The summed E-state index contributed by atoms with van der Waals surface area (Å²) in [5, 5.41) is 6.89. The maximum Gasteiger partial charge on any atom is 0.345 e. The summed E-state index contributed by atoms with van der Waals surface area (Å²) in [6.07, 6.45) is 0. The Hall–Kier alpha value is -5.25. The SMILES string of the molecule is COc1cc(C(c2c(C)[nH]n(-c3ccccc3)c2=O)c2c(C)[nH]n(-c3ccccc3)c2=O)ccc1OC(=O)c1ccc(Cl)cc1Cl. The van der Waals surface area contributed by atoms with Crippen LogP contribution in [0.15, 0.2) is 107 Å². The Kier molecular flexibility index (Phi) is 8.44. The van der Waals surface area contributed by atoms with Crippen LogP contribution in [-0.2, 0) is 0 Å². The Morgan fingerprint density at radius 2 is 1.26 bits per heavy atom. The van der Waals surface area contributed by atoms with Crippen molar-refractivity contribution < 1.29 is 14.3 Å². The van der Waals surface area contributed by atoms with Crippen LogP contribution in [0.2, 0.25) is 10.0 Å².